The number of hydrogen-bond acceptors (Lipinski definition) is 8. The maximum atomic E-state index is 14.1. The zero-order chi connectivity index (χ0) is 28.3. The molecule has 3 aromatic carbocycles. The summed E-state index contributed by atoms with van der Waals surface area (Å²) in [6.07, 6.45) is 1.28. The highest BCUT2D eigenvalue weighted by molar-refractivity contribution is 7.97. The monoisotopic (exact) mass is 552 g/mol. The number of amides is 2. The molecule has 1 aliphatic rings. The largest absolute Gasteiger partial charge is 0.495 e. The minimum atomic E-state index is -4.26. The fourth-order valence-electron chi connectivity index (χ4n) is 4.43. The first-order chi connectivity index (χ1) is 18.7. The molecule has 0 radical (unpaired) electrons. The summed E-state index contributed by atoms with van der Waals surface area (Å²) in [7, 11) is 1.48. The van der Waals surface area contributed by atoms with Crippen LogP contribution in [0.2, 0.25) is 0 Å². The van der Waals surface area contributed by atoms with E-state index >= 15 is 0 Å². The second kappa shape index (κ2) is 11.1. The third kappa shape index (κ3) is 5.13. The van der Waals surface area contributed by atoms with Crippen LogP contribution in [0, 0.1) is 0 Å². The van der Waals surface area contributed by atoms with Crippen LogP contribution in [0.1, 0.15) is 23.4 Å². The topological polar surface area (TPSA) is 120 Å². The summed E-state index contributed by atoms with van der Waals surface area (Å²) >= 11 is 0. The van der Waals surface area contributed by atoms with Crippen LogP contribution in [0.15, 0.2) is 65.6 Å². The van der Waals surface area contributed by atoms with Crippen molar-refractivity contribution in [2.45, 2.75) is 12.3 Å². The van der Waals surface area contributed by atoms with Gasteiger partial charge in [-0.05, 0) is 47.5 Å². The van der Waals surface area contributed by atoms with Crippen LogP contribution in [-0.4, -0.2) is 48.7 Å². The van der Waals surface area contributed by atoms with Gasteiger partial charge in [0.05, 0.1) is 34.1 Å². The van der Waals surface area contributed by atoms with Crippen LogP contribution in [0.4, 0.5) is 11.4 Å². The lowest BCUT2D eigenvalue weighted by Gasteiger charge is -2.25. The minimum absolute atomic E-state index is 0.180. The normalized spacial score (nSPS) is 17.2. The molecule has 0 aliphatic carbocycles. The summed E-state index contributed by atoms with van der Waals surface area (Å²) < 4.78 is 49.7. The first-order valence-electron chi connectivity index (χ1n) is 11.8. The van der Waals surface area contributed by atoms with Crippen LogP contribution in [-0.2, 0) is 19.4 Å². The zero-order valence-corrected chi connectivity index (χ0v) is 22.9. The van der Waals surface area contributed by atoms with E-state index in [9.17, 15) is 18.0 Å². The third-order valence-electron chi connectivity index (χ3n) is 6.09. The molecule has 1 saturated heterocycles. The Morgan fingerprint density at radius 2 is 1.49 bits per heavy atom. The number of rotatable bonds is 8. The molecule has 10 nitrogen and oxygen atoms in total. The molecular weight excluding hydrogens is 524 g/mol. The van der Waals surface area contributed by atoms with Gasteiger partial charge in [-0.15, -0.1) is 0 Å². The van der Waals surface area contributed by atoms with E-state index in [-0.39, 0.29) is 17.3 Å². The molecule has 1 heterocycles. The van der Waals surface area contributed by atoms with Crippen molar-refractivity contribution in [3.05, 3.63) is 76.7 Å². The van der Waals surface area contributed by atoms with E-state index in [0.29, 0.717) is 34.1 Å². The van der Waals surface area contributed by atoms with Gasteiger partial charge < -0.3 is 24.3 Å². The number of ether oxygens (including phenoxy) is 4. The third-order valence-corrected chi connectivity index (χ3v) is 8.07. The van der Waals surface area contributed by atoms with Crippen LogP contribution in [0.3, 0.4) is 0 Å². The predicted octanol–water partition coefficient (Wildman–Crippen LogP) is 4.18. The average Bonchev–Trinajstić information content (AvgIpc) is 3.12. The fourth-order valence-corrected chi connectivity index (χ4v) is 6.31. The maximum absolute atomic E-state index is 14.1. The lowest BCUT2D eigenvalue weighted by Crippen LogP contribution is -2.29. The Balaban J connectivity index is 1.96. The van der Waals surface area contributed by atoms with Gasteiger partial charge in [0.1, 0.15) is 10.7 Å². The summed E-state index contributed by atoms with van der Waals surface area (Å²) in [4.78, 5) is 26.4. The van der Waals surface area contributed by atoms with Gasteiger partial charge in [0.25, 0.3) is 5.91 Å². The molecule has 3 aromatic rings. The molecule has 1 unspecified atom stereocenters. The molecule has 11 heteroatoms. The van der Waals surface area contributed by atoms with Gasteiger partial charge in [-0.1, -0.05) is 30.3 Å². The molecule has 2 amide bonds. The average molecular weight is 553 g/mol. The highest BCUT2D eigenvalue weighted by atomic mass is 32.2. The second-order valence-corrected chi connectivity index (χ2v) is 10.5. The van der Waals surface area contributed by atoms with Crippen LogP contribution < -0.4 is 29.2 Å². The van der Waals surface area contributed by atoms with Gasteiger partial charge in [-0.25, -0.2) is 8.42 Å². The van der Waals surface area contributed by atoms with Gasteiger partial charge in [0.2, 0.25) is 21.5 Å². The van der Waals surface area contributed by atoms with E-state index < -0.39 is 26.0 Å². The molecule has 0 bridgehead atoms. The quantitative estimate of drug-likeness (QED) is 0.413. The molecule has 0 saturated carbocycles. The van der Waals surface area contributed by atoms with Crippen LogP contribution in [0.25, 0.3) is 6.08 Å². The Morgan fingerprint density at radius 3 is 2.03 bits per heavy atom. The molecule has 1 aliphatic heterocycles. The van der Waals surface area contributed by atoms with E-state index in [1.807, 2.05) is 0 Å². The molecule has 1 N–H and O–H groups in total. The molecule has 204 valence electrons. The van der Waals surface area contributed by atoms with E-state index in [1.165, 1.54) is 52.4 Å². The molecule has 4 rings (SSSR count). The number of sulfone groups is 1. The number of methoxy groups -OCH3 is 4. The van der Waals surface area contributed by atoms with Gasteiger partial charge in [0, 0.05) is 12.6 Å². The Bertz CT molecular complexity index is 1530. The van der Waals surface area contributed by atoms with Crippen molar-refractivity contribution in [1.29, 1.82) is 0 Å². The Hall–Kier alpha value is -4.51. The molecule has 0 aromatic heterocycles. The van der Waals surface area contributed by atoms with Crippen LogP contribution >= 0.6 is 0 Å². The van der Waals surface area contributed by atoms with E-state index in [0.717, 1.165) is 0 Å². The number of nitrogens with one attached hydrogen (secondary N) is 1. The number of nitrogens with zero attached hydrogens (tertiary/aromatic N) is 1. The van der Waals surface area contributed by atoms with Crippen LogP contribution in [0.5, 0.6) is 23.0 Å². The first kappa shape index (κ1) is 27.5. The SMILES string of the molecule is COc1ccc(NC(C)=O)cc1N1C(=O)/C(=C\c2cc(OC)c(OC)c(OC)c2)S(=O)(=O)C1c1ccccc1. The lowest BCUT2D eigenvalue weighted by atomic mass is 10.1. The number of carbonyl (C=O) groups excluding carboxylic acids is 2. The summed E-state index contributed by atoms with van der Waals surface area (Å²) in [6, 6.07) is 16.2. The highest BCUT2D eigenvalue weighted by Crippen LogP contribution is 2.47. The molecule has 1 fully saturated rings. The molecule has 0 spiro atoms. The van der Waals surface area contributed by atoms with Gasteiger partial charge >= 0.3 is 0 Å². The summed E-state index contributed by atoms with van der Waals surface area (Å²) in [6.45, 7) is 1.35. The summed E-state index contributed by atoms with van der Waals surface area (Å²) in [5, 5.41) is 1.27. The Labute approximate surface area is 226 Å². The van der Waals surface area contributed by atoms with E-state index in [1.54, 1.807) is 54.6 Å². The summed E-state index contributed by atoms with van der Waals surface area (Å²) in [5.41, 5.74) is 1.28. The van der Waals surface area contributed by atoms with Crippen molar-refractivity contribution >= 4 is 39.1 Å². The van der Waals surface area contributed by atoms with E-state index in [2.05, 4.69) is 5.32 Å². The van der Waals surface area contributed by atoms with Crippen molar-refractivity contribution in [3.8, 4) is 23.0 Å². The standard InChI is InChI=1S/C28H28N2O8S/c1-17(31)29-20-11-12-22(35-2)21(16-20)30-27(32)25(39(33,34)28(30)19-9-7-6-8-10-19)15-18-13-23(36-3)26(38-5)24(14-18)37-4/h6-16,28H,1-5H3,(H,29,31)/b25-15+. The molecule has 1 atom stereocenters. The number of hydrogen-bond donors (Lipinski definition) is 1. The first-order valence-corrected chi connectivity index (χ1v) is 13.3. The van der Waals surface area contributed by atoms with Gasteiger partial charge in [0.15, 0.2) is 16.9 Å². The van der Waals surface area contributed by atoms with Crippen molar-refractivity contribution in [1.82, 2.24) is 0 Å². The minimum Gasteiger partial charge on any atom is -0.495 e. The molecule has 39 heavy (non-hydrogen) atoms. The highest BCUT2D eigenvalue weighted by Gasteiger charge is 2.51. The number of benzene rings is 3. The van der Waals surface area contributed by atoms with Gasteiger partial charge in [-0.2, -0.15) is 0 Å². The van der Waals surface area contributed by atoms with Crippen molar-refractivity contribution in [2.75, 3.05) is 38.7 Å². The zero-order valence-electron chi connectivity index (χ0n) is 22.0. The maximum Gasteiger partial charge on any atom is 0.271 e. The Kier molecular flexibility index (Phi) is 7.82. The smallest absolute Gasteiger partial charge is 0.271 e. The lowest BCUT2D eigenvalue weighted by molar-refractivity contribution is -0.115. The predicted molar refractivity (Wildman–Crippen MR) is 147 cm³/mol. The Morgan fingerprint density at radius 1 is 0.872 bits per heavy atom. The molecular formula is C28H28N2O8S. The summed E-state index contributed by atoms with van der Waals surface area (Å²) in [5.74, 6) is 0.0824. The van der Waals surface area contributed by atoms with Crippen molar-refractivity contribution in [3.63, 3.8) is 0 Å². The van der Waals surface area contributed by atoms with E-state index in [4.69, 9.17) is 18.9 Å². The number of carbonyl (C=O) groups is 2. The fraction of sp³-hybridized carbons (Fsp3) is 0.214. The van der Waals surface area contributed by atoms with Crippen molar-refractivity contribution in [2.24, 2.45) is 0 Å². The van der Waals surface area contributed by atoms with Gasteiger partial charge in [-0.3, -0.25) is 14.5 Å². The number of anilines is 2. The van der Waals surface area contributed by atoms with Crippen molar-refractivity contribution < 1.29 is 37.0 Å². The second-order valence-electron chi connectivity index (χ2n) is 8.52.